The normalized spacial score (nSPS) is 12.4. The van der Waals surface area contributed by atoms with Crippen LogP contribution in [0.3, 0.4) is 0 Å². The highest BCUT2D eigenvalue weighted by atomic mass is 16.5. The molecule has 0 N–H and O–H groups in total. The lowest BCUT2D eigenvalue weighted by molar-refractivity contribution is -0.121. The van der Waals surface area contributed by atoms with Crippen molar-refractivity contribution in [3.8, 4) is 16.9 Å². The summed E-state index contributed by atoms with van der Waals surface area (Å²) in [5, 5.41) is 1.42. The number of aromatic nitrogens is 1. The fraction of sp³-hybridized carbons (Fsp3) is 0.333. The van der Waals surface area contributed by atoms with Crippen LogP contribution in [0.25, 0.3) is 21.9 Å². The van der Waals surface area contributed by atoms with Gasteiger partial charge in [0, 0.05) is 18.0 Å². The Morgan fingerprint density at radius 3 is 2.34 bits per heavy atom. The molecule has 0 aliphatic carbocycles. The number of carbonyl (C=O) groups excluding carboxylic acids is 1. The molecule has 0 amide bonds. The number of aldehydes is 1. The summed E-state index contributed by atoms with van der Waals surface area (Å²) in [5.41, 5.74) is 4.15. The van der Waals surface area contributed by atoms with Crippen LogP contribution in [0.2, 0.25) is 0 Å². The third kappa shape index (κ3) is 3.83. The van der Waals surface area contributed by atoms with Gasteiger partial charge in [0.2, 0.25) is 0 Å². The highest BCUT2D eigenvalue weighted by Crippen LogP contribution is 2.37. The summed E-state index contributed by atoms with van der Waals surface area (Å²) in [6, 6.07) is 11.6. The van der Waals surface area contributed by atoms with Gasteiger partial charge in [-0.3, -0.25) is 4.79 Å². The predicted octanol–water partition coefficient (Wildman–Crippen LogP) is 4.50. The smallest absolute Gasteiger partial charge is 0.258 e. The molecule has 1 unspecified atom stereocenters. The van der Waals surface area contributed by atoms with Crippen molar-refractivity contribution in [2.24, 2.45) is 7.05 Å². The molecule has 3 rings (SSSR count). The van der Waals surface area contributed by atoms with Gasteiger partial charge < -0.3 is 18.8 Å². The first-order valence-electron chi connectivity index (χ1n) is 9.67. The van der Waals surface area contributed by atoms with Crippen LogP contribution in [-0.2, 0) is 16.6 Å². The van der Waals surface area contributed by atoms with Crippen LogP contribution in [-0.4, -0.2) is 24.1 Å². The third-order valence-electron chi connectivity index (χ3n) is 5.09. The van der Waals surface area contributed by atoms with Gasteiger partial charge in [-0.1, -0.05) is 23.8 Å². The largest absolute Gasteiger partial charge is 0.496 e. The average molecular weight is 393 g/mol. The molecule has 0 aliphatic rings. The van der Waals surface area contributed by atoms with E-state index in [9.17, 15) is 9.59 Å². The SMILES string of the molecule is COc1ccc(-c2c(C(C=O)OC(C)C)n(C)c(=O)c3ccc(C)cc23)cc1C. The van der Waals surface area contributed by atoms with Crippen molar-refractivity contribution < 1.29 is 14.3 Å². The number of hydrogen-bond donors (Lipinski definition) is 0. The molecule has 29 heavy (non-hydrogen) atoms. The lowest BCUT2D eigenvalue weighted by Gasteiger charge is -2.24. The van der Waals surface area contributed by atoms with Crippen molar-refractivity contribution in [1.29, 1.82) is 0 Å². The Kier molecular flexibility index (Phi) is 5.89. The number of carbonyl (C=O) groups is 1. The molecule has 3 aromatic rings. The van der Waals surface area contributed by atoms with E-state index in [4.69, 9.17) is 9.47 Å². The van der Waals surface area contributed by atoms with Gasteiger partial charge in [0.1, 0.15) is 5.75 Å². The zero-order valence-electron chi connectivity index (χ0n) is 17.8. The van der Waals surface area contributed by atoms with Crippen molar-refractivity contribution in [2.75, 3.05) is 7.11 Å². The first kappa shape index (κ1) is 20.8. The van der Waals surface area contributed by atoms with E-state index in [0.29, 0.717) is 11.1 Å². The number of fused-ring (bicyclic) bond motifs is 1. The second kappa shape index (κ2) is 8.21. The summed E-state index contributed by atoms with van der Waals surface area (Å²) in [5.74, 6) is 0.783. The summed E-state index contributed by atoms with van der Waals surface area (Å²) in [4.78, 5) is 25.1. The van der Waals surface area contributed by atoms with E-state index in [-0.39, 0.29) is 11.7 Å². The summed E-state index contributed by atoms with van der Waals surface area (Å²) in [6.45, 7) is 7.70. The summed E-state index contributed by atoms with van der Waals surface area (Å²) in [7, 11) is 3.33. The number of benzene rings is 2. The molecule has 0 bridgehead atoms. The first-order chi connectivity index (χ1) is 13.8. The quantitative estimate of drug-likeness (QED) is 0.579. The molecule has 0 fully saturated rings. The zero-order chi connectivity index (χ0) is 21.3. The topological polar surface area (TPSA) is 57.5 Å². The fourth-order valence-corrected chi connectivity index (χ4v) is 3.77. The Morgan fingerprint density at radius 1 is 1.03 bits per heavy atom. The third-order valence-corrected chi connectivity index (χ3v) is 5.09. The monoisotopic (exact) mass is 393 g/mol. The van der Waals surface area contributed by atoms with Crippen LogP contribution in [0.1, 0.15) is 36.8 Å². The van der Waals surface area contributed by atoms with Gasteiger partial charge in [0.25, 0.3) is 5.56 Å². The lowest BCUT2D eigenvalue weighted by Crippen LogP contribution is -2.26. The van der Waals surface area contributed by atoms with Gasteiger partial charge in [-0.15, -0.1) is 0 Å². The van der Waals surface area contributed by atoms with Crippen molar-refractivity contribution in [2.45, 2.75) is 39.9 Å². The standard InChI is InChI=1S/C24H27NO4/c1-14(2)29-21(13-26)23-22(17-8-10-20(28-6)16(4)12-17)19-11-15(3)7-9-18(19)24(27)25(23)5/h7-14,21H,1-6H3. The Morgan fingerprint density at radius 2 is 1.76 bits per heavy atom. The number of pyridine rings is 1. The Hall–Kier alpha value is -2.92. The first-order valence-corrected chi connectivity index (χ1v) is 9.67. The predicted molar refractivity (Wildman–Crippen MR) is 116 cm³/mol. The number of ether oxygens (including phenoxy) is 2. The Labute approximate surface area is 170 Å². The molecule has 0 saturated heterocycles. The summed E-state index contributed by atoms with van der Waals surface area (Å²) >= 11 is 0. The molecule has 152 valence electrons. The van der Waals surface area contributed by atoms with Crippen LogP contribution in [0.15, 0.2) is 41.2 Å². The number of hydrogen-bond acceptors (Lipinski definition) is 4. The highest BCUT2D eigenvalue weighted by molar-refractivity contribution is 5.98. The van der Waals surface area contributed by atoms with Gasteiger partial charge in [-0.05, 0) is 62.4 Å². The number of nitrogens with zero attached hydrogens (tertiary/aromatic N) is 1. The molecular weight excluding hydrogens is 366 g/mol. The van der Waals surface area contributed by atoms with Gasteiger partial charge in [-0.2, -0.15) is 0 Å². The number of methoxy groups -OCH3 is 1. The van der Waals surface area contributed by atoms with Gasteiger partial charge in [-0.25, -0.2) is 0 Å². The maximum Gasteiger partial charge on any atom is 0.258 e. The van der Waals surface area contributed by atoms with E-state index in [0.717, 1.165) is 39.7 Å². The van der Waals surface area contributed by atoms with E-state index in [2.05, 4.69) is 0 Å². The molecule has 5 heteroatoms. The van der Waals surface area contributed by atoms with E-state index in [1.807, 2.05) is 64.1 Å². The van der Waals surface area contributed by atoms with E-state index < -0.39 is 6.10 Å². The van der Waals surface area contributed by atoms with Crippen LogP contribution in [0.5, 0.6) is 5.75 Å². The summed E-state index contributed by atoms with van der Waals surface area (Å²) in [6.07, 6.45) is -0.259. The molecular formula is C24H27NO4. The zero-order valence-corrected chi connectivity index (χ0v) is 17.8. The van der Waals surface area contributed by atoms with Crippen LogP contribution < -0.4 is 10.3 Å². The van der Waals surface area contributed by atoms with E-state index in [1.165, 1.54) is 4.57 Å². The van der Waals surface area contributed by atoms with Crippen LogP contribution in [0, 0.1) is 13.8 Å². The maximum atomic E-state index is 13.1. The van der Waals surface area contributed by atoms with Crippen molar-refractivity contribution >= 4 is 17.1 Å². The molecule has 0 radical (unpaired) electrons. The van der Waals surface area contributed by atoms with Crippen molar-refractivity contribution in [3.05, 3.63) is 63.6 Å². The van der Waals surface area contributed by atoms with Crippen molar-refractivity contribution in [1.82, 2.24) is 4.57 Å². The second-order valence-corrected chi connectivity index (χ2v) is 7.60. The van der Waals surface area contributed by atoms with Crippen LogP contribution >= 0.6 is 0 Å². The van der Waals surface area contributed by atoms with E-state index in [1.54, 1.807) is 14.2 Å². The van der Waals surface area contributed by atoms with Gasteiger partial charge in [0.15, 0.2) is 12.4 Å². The van der Waals surface area contributed by atoms with Crippen LogP contribution in [0.4, 0.5) is 0 Å². The Bertz CT molecular complexity index is 1130. The van der Waals surface area contributed by atoms with Gasteiger partial charge >= 0.3 is 0 Å². The fourth-order valence-electron chi connectivity index (χ4n) is 3.77. The second-order valence-electron chi connectivity index (χ2n) is 7.60. The molecule has 2 aromatic carbocycles. The molecule has 0 saturated carbocycles. The van der Waals surface area contributed by atoms with Gasteiger partial charge in [0.05, 0.1) is 18.9 Å². The molecule has 0 aliphatic heterocycles. The molecule has 1 aromatic heterocycles. The summed E-state index contributed by atoms with van der Waals surface area (Å²) < 4.78 is 12.8. The minimum atomic E-state index is -0.852. The molecule has 1 atom stereocenters. The number of aryl methyl sites for hydroxylation is 2. The minimum Gasteiger partial charge on any atom is -0.496 e. The lowest BCUT2D eigenvalue weighted by atomic mass is 9.92. The molecule has 0 spiro atoms. The highest BCUT2D eigenvalue weighted by Gasteiger charge is 2.25. The molecule has 1 heterocycles. The van der Waals surface area contributed by atoms with E-state index >= 15 is 0 Å². The minimum absolute atomic E-state index is 0.150. The maximum absolute atomic E-state index is 13.1. The van der Waals surface area contributed by atoms with Crippen molar-refractivity contribution in [3.63, 3.8) is 0 Å². The Balaban J connectivity index is 2.47. The number of rotatable bonds is 6. The molecule has 5 nitrogen and oxygen atoms in total. The average Bonchev–Trinajstić information content (AvgIpc) is 2.68.